The van der Waals surface area contributed by atoms with Crippen molar-refractivity contribution in [3.8, 4) is 11.5 Å². The molecule has 5 nitrogen and oxygen atoms in total. The summed E-state index contributed by atoms with van der Waals surface area (Å²) in [7, 11) is 3.33. The Labute approximate surface area is 168 Å². The molecule has 1 aromatic carbocycles. The topological polar surface area (TPSA) is 54.9 Å². The number of benzene rings is 1. The Morgan fingerprint density at radius 1 is 1.22 bits per heavy atom. The third kappa shape index (κ3) is 5.96. The fourth-order valence-corrected chi connectivity index (χ4v) is 4.22. The second-order valence-electron chi connectivity index (χ2n) is 7.66. The normalized spacial score (nSPS) is 20.4. The van der Waals surface area contributed by atoms with Crippen molar-refractivity contribution in [2.45, 2.75) is 56.7 Å². The molecule has 152 valence electrons. The molecule has 0 bridgehead atoms. The van der Waals surface area contributed by atoms with E-state index in [1.54, 1.807) is 14.2 Å². The molecule has 27 heavy (non-hydrogen) atoms. The first-order valence-electron chi connectivity index (χ1n) is 9.73. The SMILES string of the molecule is CCNC(=NCC(C)(C)c1ccc(OC)c(OC)c1)NC1CCC(SC)C1. The van der Waals surface area contributed by atoms with Crippen LogP contribution in [0.15, 0.2) is 23.2 Å². The van der Waals surface area contributed by atoms with Gasteiger partial charge in [0.05, 0.1) is 20.8 Å². The van der Waals surface area contributed by atoms with Crippen LogP contribution in [0.3, 0.4) is 0 Å². The Balaban J connectivity index is 2.08. The van der Waals surface area contributed by atoms with Gasteiger partial charge >= 0.3 is 0 Å². The van der Waals surface area contributed by atoms with Crippen LogP contribution in [0.2, 0.25) is 0 Å². The standard InChI is InChI=1S/C21H35N3O2S/c1-7-22-20(24-16-9-10-17(13-16)27-6)23-14-21(2,3)15-8-11-18(25-4)19(12-15)26-5/h8,11-12,16-17H,7,9-10,13-14H2,1-6H3,(H2,22,23,24). The quantitative estimate of drug-likeness (QED) is 0.519. The molecule has 0 aromatic heterocycles. The van der Waals surface area contributed by atoms with Crippen molar-refractivity contribution in [3.05, 3.63) is 23.8 Å². The summed E-state index contributed by atoms with van der Waals surface area (Å²) in [4.78, 5) is 4.89. The van der Waals surface area contributed by atoms with Crippen molar-refractivity contribution in [3.63, 3.8) is 0 Å². The molecule has 0 amide bonds. The maximum absolute atomic E-state index is 5.46. The molecule has 6 heteroatoms. The van der Waals surface area contributed by atoms with Gasteiger partial charge in [-0.15, -0.1) is 0 Å². The Morgan fingerprint density at radius 2 is 1.96 bits per heavy atom. The van der Waals surface area contributed by atoms with Gasteiger partial charge in [-0.05, 0) is 50.1 Å². The maximum Gasteiger partial charge on any atom is 0.191 e. The van der Waals surface area contributed by atoms with Crippen LogP contribution >= 0.6 is 11.8 Å². The zero-order valence-electron chi connectivity index (χ0n) is 17.6. The molecule has 0 spiro atoms. The number of methoxy groups -OCH3 is 2. The van der Waals surface area contributed by atoms with Crippen molar-refractivity contribution in [2.75, 3.05) is 33.6 Å². The van der Waals surface area contributed by atoms with Gasteiger partial charge in [0, 0.05) is 23.3 Å². The van der Waals surface area contributed by atoms with E-state index in [1.165, 1.54) is 24.8 Å². The first kappa shape index (κ1) is 21.7. The van der Waals surface area contributed by atoms with E-state index in [9.17, 15) is 0 Å². The van der Waals surface area contributed by atoms with Gasteiger partial charge in [0.2, 0.25) is 0 Å². The highest BCUT2D eigenvalue weighted by Crippen LogP contribution is 2.33. The number of ether oxygens (including phenoxy) is 2. The molecular weight excluding hydrogens is 358 g/mol. The van der Waals surface area contributed by atoms with Crippen molar-refractivity contribution >= 4 is 17.7 Å². The van der Waals surface area contributed by atoms with Gasteiger partial charge in [0.15, 0.2) is 17.5 Å². The highest BCUT2D eigenvalue weighted by Gasteiger charge is 2.26. The zero-order valence-corrected chi connectivity index (χ0v) is 18.4. The van der Waals surface area contributed by atoms with Crippen LogP contribution < -0.4 is 20.1 Å². The molecule has 0 aliphatic heterocycles. The van der Waals surface area contributed by atoms with E-state index in [4.69, 9.17) is 14.5 Å². The lowest BCUT2D eigenvalue weighted by Gasteiger charge is -2.25. The van der Waals surface area contributed by atoms with Gasteiger partial charge in [0.25, 0.3) is 0 Å². The van der Waals surface area contributed by atoms with E-state index < -0.39 is 0 Å². The smallest absolute Gasteiger partial charge is 0.191 e. The van der Waals surface area contributed by atoms with Crippen LogP contribution in [-0.4, -0.2) is 50.8 Å². The van der Waals surface area contributed by atoms with E-state index >= 15 is 0 Å². The summed E-state index contributed by atoms with van der Waals surface area (Å²) < 4.78 is 10.8. The molecule has 1 fully saturated rings. The summed E-state index contributed by atoms with van der Waals surface area (Å²) in [6, 6.07) is 6.63. The van der Waals surface area contributed by atoms with Gasteiger partial charge in [-0.3, -0.25) is 4.99 Å². The van der Waals surface area contributed by atoms with E-state index in [-0.39, 0.29) is 5.41 Å². The summed E-state index contributed by atoms with van der Waals surface area (Å²) in [6.45, 7) is 8.08. The van der Waals surface area contributed by atoms with Gasteiger partial charge in [-0.1, -0.05) is 19.9 Å². The van der Waals surface area contributed by atoms with E-state index in [0.717, 1.165) is 29.3 Å². The number of rotatable bonds is 8. The maximum atomic E-state index is 5.46. The number of hydrogen-bond acceptors (Lipinski definition) is 4. The Bertz CT molecular complexity index is 634. The number of thioether (sulfide) groups is 1. The molecular formula is C21H35N3O2S. The molecule has 0 radical (unpaired) electrons. The molecule has 2 unspecified atom stereocenters. The molecule has 0 heterocycles. The average Bonchev–Trinajstić information content (AvgIpc) is 3.13. The predicted molar refractivity (Wildman–Crippen MR) is 117 cm³/mol. The Hall–Kier alpha value is -1.56. The lowest BCUT2D eigenvalue weighted by molar-refractivity contribution is 0.353. The molecule has 1 aliphatic carbocycles. The molecule has 1 aliphatic rings. The number of guanidine groups is 1. The first-order chi connectivity index (χ1) is 12.9. The summed E-state index contributed by atoms with van der Waals surface area (Å²) in [5.41, 5.74) is 1.07. The minimum atomic E-state index is -0.112. The van der Waals surface area contributed by atoms with Crippen LogP contribution in [0.25, 0.3) is 0 Å². The van der Waals surface area contributed by atoms with Gasteiger partial charge < -0.3 is 20.1 Å². The van der Waals surface area contributed by atoms with Crippen LogP contribution in [-0.2, 0) is 5.41 Å². The van der Waals surface area contributed by atoms with Crippen LogP contribution in [0.1, 0.15) is 45.6 Å². The summed E-state index contributed by atoms with van der Waals surface area (Å²) in [5, 5.41) is 7.79. The third-order valence-electron chi connectivity index (χ3n) is 5.20. The lowest BCUT2D eigenvalue weighted by Crippen LogP contribution is -2.43. The number of nitrogens with one attached hydrogen (secondary N) is 2. The zero-order chi connectivity index (χ0) is 19.9. The van der Waals surface area contributed by atoms with Crippen molar-refractivity contribution in [2.24, 2.45) is 4.99 Å². The van der Waals surface area contributed by atoms with Gasteiger partial charge in [-0.25, -0.2) is 0 Å². The fourth-order valence-electron chi connectivity index (χ4n) is 3.42. The predicted octanol–water partition coefficient (Wildman–Crippen LogP) is 3.82. The summed E-state index contributed by atoms with van der Waals surface area (Å²) >= 11 is 1.98. The molecule has 2 rings (SSSR count). The Kier molecular flexibility index (Phi) is 8.14. The molecule has 2 atom stereocenters. The number of hydrogen-bond donors (Lipinski definition) is 2. The van der Waals surface area contributed by atoms with Gasteiger partial charge in [-0.2, -0.15) is 11.8 Å². The van der Waals surface area contributed by atoms with Crippen LogP contribution in [0.5, 0.6) is 11.5 Å². The van der Waals surface area contributed by atoms with Crippen molar-refractivity contribution < 1.29 is 9.47 Å². The van der Waals surface area contributed by atoms with E-state index in [1.807, 2.05) is 17.8 Å². The molecule has 2 N–H and O–H groups in total. The highest BCUT2D eigenvalue weighted by molar-refractivity contribution is 7.99. The third-order valence-corrected chi connectivity index (χ3v) is 6.30. The Morgan fingerprint density at radius 3 is 2.56 bits per heavy atom. The van der Waals surface area contributed by atoms with Gasteiger partial charge in [0.1, 0.15) is 0 Å². The molecule has 0 saturated heterocycles. The van der Waals surface area contributed by atoms with Crippen molar-refractivity contribution in [1.29, 1.82) is 0 Å². The summed E-state index contributed by atoms with van der Waals surface area (Å²) in [5.74, 6) is 2.42. The van der Waals surface area contributed by atoms with Crippen LogP contribution in [0, 0.1) is 0 Å². The lowest BCUT2D eigenvalue weighted by atomic mass is 9.84. The second-order valence-corrected chi connectivity index (χ2v) is 8.80. The average molecular weight is 394 g/mol. The first-order valence-corrected chi connectivity index (χ1v) is 11.0. The van der Waals surface area contributed by atoms with Crippen LogP contribution in [0.4, 0.5) is 0 Å². The fraction of sp³-hybridized carbons (Fsp3) is 0.667. The van der Waals surface area contributed by atoms with Crippen molar-refractivity contribution in [1.82, 2.24) is 10.6 Å². The molecule has 1 saturated carbocycles. The second kappa shape index (κ2) is 10.1. The largest absolute Gasteiger partial charge is 0.493 e. The minimum Gasteiger partial charge on any atom is -0.493 e. The number of aliphatic imine (C=N–C) groups is 1. The minimum absolute atomic E-state index is 0.112. The summed E-state index contributed by atoms with van der Waals surface area (Å²) in [6.07, 6.45) is 5.92. The molecule has 1 aromatic rings. The highest BCUT2D eigenvalue weighted by atomic mass is 32.2. The monoisotopic (exact) mass is 393 g/mol. The van der Waals surface area contributed by atoms with E-state index in [0.29, 0.717) is 12.6 Å². The number of nitrogens with zero attached hydrogens (tertiary/aromatic N) is 1. The van der Waals surface area contributed by atoms with E-state index in [2.05, 4.69) is 49.8 Å².